The van der Waals surface area contributed by atoms with Gasteiger partial charge in [-0.15, -0.1) is 0 Å². The van der Waals surface area contributed by atoms with Gasteiger partial charge in [-0.25, -0.2) is 4.79 Å². The zero-order valence-corrected chi connectivity index (χ0v) is 12.4. The van der Waals surface area contributed by atoms with Crippen molar-refractivity contribution in [2.45, 2.75) is 19.4 Å². The van der Waals surface area contributed by atoms with E-state index < -0.39 is 0 Å². The molecule has 1 aliphatic rings. The summed E-state index contributed by atoms with van der Waals surface area (Å²) in [6.45, 7) is 2.17. The van der Waals surface area contributed by atoms with Crippen molar-refractivity contribution in [3.05, 3.63) is 64.2 Å². The van der Waals surface area contributed by atoms with Gasteiger partial charge in [0.05, 0.1) is 12.2 Å². The van der Waals surface area contributed by atoms with E-state index in [-0.39, 0.29) is 12.1 Å². The lowest BCUT2D eigenvalue weighted by atomic mass is 10.0. The molecule has 0 amide bonds. The maximum atomic E-state index is 11.8. The fourth-order valence-corrected chi connectivity index (χ4v) is 2.58. The maximum Gasteiger partial charge on any atom is 0.338 e. The highest BCUT2D eigenvalue weighted by molar-refractivity contribution is 6.30. The molecule has 0 aromatic heterocycles. The van der Waals surface area contributed by atoms with Crippen molar-refractivity contribution >= 4 is 17.6 Å². The number of esters is 1. The zero-order chi connectivity index (χ0) is 14.8. The van der Waals surface area contributed by atoms with Gasteiger partial charge in [-0.2, -0.15) is 0 Å². The molecule has 0 radical (unpaired) electrons. The monoisotopic (exact) mass is 302 g/mol. The number of carbonyl (C=O) groups is 1. The van der Waals surface area contributed by atoms with Crippen LogP contribution < -0.4 is 4.74 Å². The summed E-state index contributed by atoms with van der Waals surface area (Å²) in [6.07, 6.45) is 0.708. The fourth-order valence-electron chi connectivity index (χ4n) is 2.45. The Bertz CT molecular complexity index is 664. The van der Waals surface area contributed by atoms with Crippen LogP contribution in [-0.4, -0.2) is 12.6 Å². The molecule has 21 heavy (non-hydrogen) atoms. The SMILES string of the molecule is CCOC(=O)c1ccc2c(c1)C[C@H](c1ccc(Cl)cc1)O2. The van der Waals surface area contributed by atoms with Gasteiger partial charge in [0.2, 0.25) is 0 Å². The summed E-state index contributed by atoms with van der Waals surface area (Å²) in [4.78, 5) is 11.8. The molecule has 3 nitrogen and oxygen atoms in total. The van der Waals surface area contributed by atoms with Crippen molar-refractivity contribution < 1.29 is 14.3 Å². The number of carbonyl (C=O) groups excluding carboxylic acids is 1. The molecule has 2 aromatic rings. The number of hydrogen-bond acceptors (Lipinski definition) is 3. The van der Waals surface area contributed by atoms with E-state index in [0.29, 0.717) is 17.2 Å². The highest BCUT2D eigenvalue weighted by atomic mass is 35.5. The van der Waals surface area contributed by atoms with Crippen molar-refractivity contribution in [3.63, 3.8) is 0 Å². The van der Waals surface area contributed by atoms with E-state index in [4.69, 9.17) is 21.1 Å². The molecule has 1 atom stereocenters. The van der Waals surface area contributed by atoms with Gasteiger partial charge >= 0.3 is 5.97 Å². The van der Waals surface area contributed by atoms with Gasteiger partial charge in [0.15, 0.2) is 0 Å². The summed E-state index contributed by atoms with van der Waals surface area (Å²) in [7, 11) is 0. The Hall–Kier alpha value is -2.00. The molecule has 1 heterocycles. The second kappa shape index (κ2) is 5.78. The Balaban J connectivity index is 1.81. The summed E-state index contributed by atoms with van der Waals surface area (Å²) < 4.78 is 11.0. The molecule has 2 aromatic carbocycles. The van der Waals surface area contributed by atoms with Crippen LogP contribution in [0.25, 0.3) is 0 Å². The Morgan fingerprint density at radius 2 is 2.05 bits per heavy atom. The van der Waals surface area contributed by atoms with Gasteiger partial charge in [0.25, 0.3) is 0 Å². The van der Waals surface area contributed by atoms with Crippen LogP contribution in [0.3, 0.4) is 0 Å². The van der Waals surface area contributed by atoms with E-state index in [1.54, 1.807) is 13.0 Å². The first-order chi connectivity index (χ1) is 10.2. The first kappa shape index (κ1) is 14.0. The van der Waals surface area contributed by atoms with E-state index in [1.165, 1.54) is 0 Å². The quantitative estimate of drug-likeness (QED) is 0.797. The largest absolute Gasteiger partial charge is 0.485 e. The molecule has 1 aliphatic heterocycles. The third kappa shape index (κ3) is 2.88. The van der Waals surface area contributed by atoms with Crippen molar-refractivity contribution in [2.24, 2.45) is 0 Å². The first-order valence-corrected chi connectivity index (χ1v) is 7.27. The highest BCUT2D eigenvalue weighted by Crippen LogP contribution is 2.37. The zero-order valence-electron chi connectivity index (χ0n) is 11.6. The molecule has 0 unspecified atom stereocenters. The highest BCUT2D eigenvalue weighted by Gasteiger charge is 2.25. The van der Waals surface area contributed by atoms with Crippen molar-refractivity contribution in [3.8, 4) is 5.75 Å². The lowest BCUT2D eigenvalue weighted by Gasteiger charge is -2.10. The van der Waals surface area contributed by atoms with Crippen LogP contribution in [0.5, 0.6) is 5.75 Å². The molecular formula is C17H15ClO3. The van der Waals surface area contributed by atoms with Crippen LogP contribution in [0.15, 0.2) is 42.5 Å². The molecule has 0 fully saturated rings. The topological polar surface area (TPSA) is 35.5 Å². The van der Waals surface area contributed by atoms with Crippen molar-refractivity contribution in [1.82, 2.24) is 0 Å². The standard InChI is InChI=1S/C17H15ClO3/c1-2-20-17(19)12-5-8-15-13(9-12)10-16(21-15)11-3-6-14(18)7-4-11/h3-9,16H,2,10H2,1H3/t16-/m1/s1. The predicted octanol–water partition coefficient (Wildman–Crippen LogP) is 4.19. The number of halogens is 1. The predicted molar refractivity (Wildman–Crippen MR) is 80.9 cm³/mol. The molecule has 0 bridgehead atoms. The first-order valence-electron chi connectivity index (χ1n) is 6.89. The van der Waals surface area contributed by atoms with Crippen LogP contribution in [0, 0.1) is 0 Å². The summed E-state index contributed by atoms with van der Waals surface area (Å²) in [6, 6.07) is 13.1. The fraction of sp³-hybridized carbons (Fsp3) is 0.235. The van der Waals surface area contributed by atoms with E-state index in [1.807, 2.05) is 36.4 Å². The molecule has 0 N–H and O–H groups in total. The van der Waals surface area contributed by atoms with Gasteiger partial charge in [-0.3, -0.25) is 0 Å². The van der Waals surface area contributed by atoms with E-state index in [2.05, 4.69) is 0 Å². The number of benzene rings is 2. The van der Waals surface area contributed by atoms with Crippen LogP contribution in [0.2, 0.25) is 5.02 Å². The minimum atomic E-state index is -0.296. The van der Waals surface area contributed by atoms with Crippen LogP contribution >= 0.6 is 11.6 Å². The van der Waals surface area contributed by atoms with Gasteiger partial charge in [-0.1, -0.05) is 23.7 Å². The average molecular weight is 303 g/mol. The third-order valence-corrected chi connectivity index (χ3v) is 3.74. The van der Waals surface area contributed by atoms with Crippen LogP contribution in [0.1, 0.15) is 34.5 Å². The number of ether oxygens (including phenoxy) is 2. The maximum absolute atomic E-state index is 11.8. The van der Waals surface area contributed by atoms with Crippen molar-refractivity contribution in [2.75, 3.05) is 6.61 Å². The normalized spacial score (nSPS) is 16.2. The average Bonchev–Trinajstić information content (AvgIpc) is 2.91. The Labute approximate surface area is 128 Å². The Morgan fingerprint density at radius 1 is 1.29 bits per heavy atom. The second-order valence-corrected chi connectivity index (χ2v) is 5.34. The summed E-state index contributed by atoms with van der Waals surface area (Å²) >= 11 is 5.90. The van der Waals surface area contributed by atoms with Gasteiger partial charge in [0.1, 0.15) is 11.9 Å². The van der Waals surface area contributed by atoms with Crippen molar-refractivity contribution in [1.29, 1.82) is 0 Å². The molecular weight excluding hydrogens is 288 g/mol. The van der Waals surface area contributed by atoms with Gasteiger partial charge in [0, 0.05) is 11.4 Å². The van der Waals surface area contributed by atoms with E-state index in [9.17, 15) is 4.79 Å². The van der Waals surface area contributed by atoms with Gasteiger partial charge < -0.3 is 9.47 Å². The Kier molecular flexibility index (Phi) is 3.84. The number of fused-ring (bicyclic) bond motifs is 1. The molecule has 4 heteroatoms. The third-order valence-electron chi connectivity index (χ3n) is 3.49. The molecule has 108 valence electrons. The van der Waals surface area contributed by atoms with E-state index >= 15 is 0 Å². The summed E-state index contributed by atoms with van der Waals surface area (Å²) in [5.41, 5.74) is 2.67. The minimum absolute atomic E-state index is 0.0327. The minimum Gasteiger partial charge on any atom is -0.485 e. The smallest absolute Gasteiger partial charge is 0.338 e. The lowest BCUT2D eigenvalue weighted by molar-refractivity contribution is 0.0526. The lowest BCUT2D eigenvalue weighted by Crippen LogP contribution is -2.04. The molecule has 0 saturated heterocycles. The molecule has 3 rings (SSSR count). The van der Waals surface area contributed by atoms with Crippen LogP contribution in [-0.2, 0) is 11.2 Å². The molecule has 0 aliphatic carbocycles. The Morgan fingerprint density at radius 3 is 2.76 bits per heavy atom. The van der Waals surface area contributed by atoms with E-state index in [0.717, 1.165) is 23.3 Å². The molecule has 0 saturated carbocycles. The number of rotatable bonds is 3. The summed E-state index contributed by atoms with van der Waals surface area (Å²) in [5, 5.41) is 0.707. The summed E-state index contributed by atoms with van der Waals surface area (Å²) in [5.74, 6) is 0.526. The second-order valence-electron chi connectivity index (χ2n) is 4.91. The van der Waals surface area contributed by atoms with Crippen LogP contribution in [0.4, 0.5) is 0 Å². The van der Waals surface area contributed by atoms with Gasteiger partial charge in [-0.05, 0) is 48.4 Å². The molecule has 0 spiro atoms. The number of hydrogen-bond donors (Lipinski definition) is 0.